The molecule has 13 heavy (non-hydrogen) atoms. The van der Waals surface area contributed by atoms with Crippen molar-refractivity contribution in [1.29, 1.82) is 10.5 Å². The average Bonchev–Trinajstić information content (AvgIpc) is 2.17. The summed E-state index contributed by atoms with van der Waals surface area (Å²) in [5.41, 5.74) is 1.04. The SMILES string of the molecule is N#CC(C#N)Cc1ccc(I)cc1. The van der Waals surface area contributed by atoms with Crippen LogP contribution in [0.4, 0.5) is 0 Å². The Morgan fingerprint density at radius 2 is 1.69 bits per heavy atom. The number of benzene rings is 1. The molecule has 0 atom stereocenters. The Labute approximate surface area is 90.9 Å². The van der Waals surface area contributed by atoms with Crippen molar-refractivity contribution in [3.05, 3.63) is 33.4 Å². The molecule has 0 amide bonds. The summed E-state index contributed by atoms with van der Waals surface area (Å²) in [6.07, 6.45) is 0.518. The fraction of sp³-hybridized carbons (Fsp3) is 0.200. The van der Waals surface area contributed by atoms with E-state index < -0.39 is 5.92 Å². The summed E-state index contributed by atoms with van der Waals surface area (Å²) in [6.45, 7) is 0. The third-order valence-corrected chi connectivity index (χ3v) is 2.38. The van der Waals surface area contributed by atoms with Gasteiger partial charge in [0.15, 0.2) is 0 Å². The fourth-order valence-electron chi connectivity index (χ4n) is 0.976. The molecular weight excluding hydrogens is 275 g/mol. The Kier molecular flexibility index (Phi) is 3.72. The molecule has 3 heteroatoms. The minimum atomic E-state index is -0.528. The summed E-state index contributed by atoms with van der Waals surface area (Å²) in [4.78, 5) is 0. The molecule has 1 rings (SSSR count). The van der Waals surface area contributed by atoms with Gasteiger partial charge in [0, 0.05) is 9.99 Å². The number of nitriles is 2. The minimum absolute atomic E-state index is 0.518. The van der Waals surface area contributed by atoms with Crippen molar-refractivity contribution >= 4 is 22.6 Å². The smallest absolute Gasteiger partial charge is 0.137 e. The molecule has 0 aromatic heterocycles. The molecule has 1 aromatic carbocycles. The molecule has 0 aliphatic heterocycles. The van der Waals surface area contributed by atoms with Gasteiger partial charge in [0.2, 0.25) is 0 Å². The summed E-state index contributed by atoms with van der Waals surface area (Å²) in [7, 11) is 0. The van der Waals surface area contributed by atoms with E-state index in [0.717, 1.165) is 9.13 Å². The van der Waals surface area contributed by atoms with E-state index >= 15 is 0 Å². The average molecular weight is 282 g/mol. The van der Waals surface area contributed by atoms with Crippen molar-refractivity contribution in [2.24, 2.45) is 5.92 Å². The molecule has 2 nitrogen and oxygen atoms in total. The highest BCUT2D eigenvalue weighted by Crippen LogP contribution is 2.10. The standard InChI is InChI=1S/C10H7IN2/c11-10-3-1-8(2-4-10)5-9(6-12)7-13/h1-4,9H,5H2. The lowest BCUT2D eigenvalue weighted by molar-refractivity contribution is 0.834. The van der Waals surface area contributed by atoms with Crippen LogP contribution in [0.15, 0.2) is 24.3 Å². The maximum absolute atomic E-state index is 8.57. The van der Waals surface area contributed by atoms with E-state index in [1.165, 1.54) is 0 Å². The quantitative estimate of drug-likeness (QED) is 0.782. The van der Waals surface area contributed by atoms with E-state index in [9.17, 15) is 0 Å². The molecule has 0 fully saturated rings. The summed E-state index contributed by atoms with van der Waals surface area (Å²) in [5.74, 6) is -0.528. The van der Waals surface area contributed by atoms with E-state index in [2.05, 4.69) is 22.6 Å². The molecule has 0 heterocycles. The second-order valence-electron chi connectivity index (χ2n) is 2.64. The minimum Gasteiger partial charge on any atom is -0.197 e. The van der Waals surface area contributed by atoms with Crippen molar-refractivity contribution in [3.8, 4) is 12.1 Å². The van der Waals surface area contributed by atoms with Crippen LogP contribution in [0.25, 0.3) is 0 Å². The van der Waals surface area contributed by atoms with Gasteiger partial charge in [-0.2, -0.15) is 10.5 Å². The summed E-state index contributed by atoms with van der Waals surface area (Å²) >= 11 is 2.22. The van der Waals surface area contributed by atoms with Crippen molar-refractivity contribution in [3.63, 3.8) is 0 Å². The monoisotopic (exact) mass is 282 g/mol. The van der Waals surface area contributed by atoms with Crippen LogP contribution >= 0.6 is 22.6 Å². The fourth-order valence-corrected chi connectivity index (χ4v) is 1.34. The van der Waals surface area contributed by atoms with Gasteiger partial charge in [0.25, 0.3) is 0 Å². The first-order valence-electron chi connectivity index (χ1n) is 3.80. The molecule has 1 aromatic rings. The molecule has 0 unspecified atom stereocenters. The Morgan fingerprint density at radius 3 is 2.15 bits per heavy atom. The van der Waals surface area contributed by atoms with Gasteiger partial charge in [0.1, 0.15) is 5.92 Å². The molecule has 0 bridgehead atoms. The first-order valence-corrected chi connectivity index (χ1v) is 4.88. The highest BCUT2D eigenvalue weighted by Gasteiger charge is 2.05. The van der Waals surface area contributed by atoms with Gasteiger partial charge in [0.05, 0.1) is 12.1 Å². The Hall–Kier alpha value is -1.07. The lowest BCUT2D eigenvalue weighted by Gasteiger charge is -2.00. The zero-order valence-corrected chi connectivity index (χ0v) is 9.02. The normalized spacial score (nSPS) is 9.23. The van der Waals surface area contributed by atoms with Gasteiger partial charge in [-0.05, 0) is 40.3 Å². The maximum Gasteiger partial charge on any atom is 0.137 e. The van der Waals surface area contributed by atoms with E-state index in [4.69, 9.17) is 10.5 Å². The highest BCUT2D eigenvalue weighted by atomic mass is 127. The van der Waals surface area contributed by atoms with Crippen LogP contribution in [0, 0.1) is 32.2 Å². The van der Waals surface area contributed by atoms with E-state index in [-0.39, 0.29) is 0 Å². The third kappa shape index (κ3) is 3.04. The predicted molar refractivity (Wildman–Crippen MR) is 57.6 cm³/mol. The van der Waals surface area contributed by atoms with Gasteiger partial charge in [-0.3, -0.25) is 0 Å². The van der Waals surface area contributed by atoms with Crippen LogP contribution in [-0.2, 0) is 6.42 Å². The first-order chi connectivity index (χ1) is 6.26. The number of rotatable bonds is 2. The van der Waals surface area contributed by atoms with Crippen molar-refractivity contribution in [1.82, 2.24) is 0 Å². The van der Waals surface area contributed by atoms with Gasteiger partial charge >= 0.3 is 0 Å². The molecule has 0 aliphatic rings. The molecule has 64 valence electrons. The van der Waals surface area contributed by atoms with Crippen LogP contribution in [-0.4, -0.2) is 0 Å². The second kappa shape index (κ2) is 4.84. The number of nitrogens with zero attached hydrogens (tertiary/aromatic N) is 2. The second-order valence-corrected chi connectivity index (χ2v) is 3.89. The molecule has 0 aliphatic carbocycles. The maximum atomic E-state index is 8.57. The van der Waals surface area contributed by atoms with E-state index in [1.54, 1.807) is 0 Å². The zero-order valence-electron chi connectivity index (χ0n) is 6.87. The summed E-state index contributed by atoms with van der Waals surface area (Å²) in [6, 6.07) is 11.7. The topological polar surface area (TPSA) is 47.6 Å². The first kappa shape index (κ1) is 10.0. The number of hydrogen-bond donors (Lipinski definition) is 0. The molecule has 0 radical (unpaired) electrons. The van der Waals surface area contributed by atoms with Crippen LogP contribution < -0.4 is 0 Å². The van der Waals surface area contributed by atoms with Crippen LogP contribution in [0.2, 0.25) is 0 Å². The van der Waals surface area contributed by atoms with Crippen LogP contribution in [0.1, 0.15) is 5.56 Å². The Balaban J connectivity index is 2.71. The number of halogens is 1. The van der Waals surface area contributed by atoms with Crippen molar-refractivity contribution in [2.75, 3.05) is 0 Å². The van der Waals surface area contributed by atoms with E-state index in [0.29, 0.717) is 6.42 Å². The molecule has 0 saturated carbocycles. The molecule has 0 saturated heterocycles. The zero-order chi connectivity index (χ0) is 9.68. The van der Waals surface area contributed by atoms with Crippen LogP contribution in [0.3, 0.4) is 0 Å². The highest BCUT2D eigenvalue weighted by molar-refractivity contribution is 14.1. The van der Waals surface area contributed by atoms with Gasteiger partial charge < -0.3 is 0 Å². The van der Waals surface area contributed by atoms with E-state index in [1.807, 2.05) is 36.4 Å². The Bertz CT molecular complexity index is 342. The third-order valence-electron chi connectivity index (χ3n) is 1.66. The molecule has 0 spiro atoms. The number of hydrogen-bond acceptors (Lipinski definition) is 2. The van der Waals surface area contributed by atoms with Gasteiger partial charge in [-0.15, -0.1) is 0 Å². The summed E-state index contributed by atoms with van der Waals surface area (Å²) in [5, 5.41) is 17.1. The van der Waals surface area contributed by atoms with Gasteiger partial charge in [-0.25, -0.2) is 0 Å². The van der Waals surface area contributed by atoms with Crippen molar-refractivity contribution in [2.45, 2.75) is 6.42 Å². The summed E-state index contributed by atoms with van der Waals surface area (Å²) < 4.78 is 1.16. The van der Waals surface area contributed by atoms with Crippen molar-refractivity contribution < 1.29 is 0 Å². The lowest BCUT2D eigenvalue weighted by Crippen LogP contribution is -1.97. The van der Waals surface area contributed by atoms with Crippen LogP contribution in [0.5, 0.6) is 0 Å². The van der Waals surface area contributed by atoms with Gasteiger partial charge in [-0.1, -0.05) is 12.1 Å². The molecule has 0 N–H and O–H groups in total. The largest absolute Gasteiger partial charge is 0.197 e. The predicted octanol–water partition coefficient (Wildman–Crippen LogP) is 2.50. The molecular formula is C10H7IN2. The Morgan fingerprint density at radius 1 is 1.15 bits per heavy atom. The lowest BCUT2D eigenvalue weighted by atomic mass is 10.0.